The maximum Gasteiger partial charge on any atom is 0.244 e. The van der Waals surface area contributed by atoms with Gasteiger partial charge in [-0.3, -0.25) is 4.79 Å². The van der Waals surface area contributed by atoms with Crippen molar-refractivity contribution in [3.63, 3.8) is 0 Å². The Morgan fingerprint density at radius 2 is 1.97 bits per heavy atom. The predicted octanol–water partition coefficient (Wildman–Crippen LogP) is 4.51. The topological polar surface area (TPSA) is 60.5 Å². The fourth-order valence-corrected chi connectivity index (χ4v) is 3.68. The van der Waals surface area contributed by atoms with E-state index >= 15 is 0 Å². The number of carbonyl (C=O) groups excluding carboxylic acids is 1. The minimum Gasteiger partial charge on any atom is -0.493 e. The maximum absolute atomic E-state index is 12.1. The third kappa shape index (κ3) is 5.68. The third-order valence-corrected chi connectivity index (χ3v) is 5.27. The van der Waals surface area contributed by atoms with E-state index in [1.165, 1.54) is 11.6 Å². The molecular weight excluding hydrogens is 384 g/mol. The van der Waals surface area contributed by atoms with Crippen LogP contribution in [0.5, 0.6) is 11.5 Å². The lowest BCUT2D eigenvalue weighted by Gasteiger charge is -2.07. The molecule has 0 bridgehead atoms. The SMILES string of the molecule is COc1ccc(C=CC(=O)NCCc2csc(-c3cccc(C)c3)n2)cc1OC. The van der Waals surface area contributed by atoms with Crippen molar-refractivity contribution in [3.05, 3.63) is 70.7 Å². The molecule has 29 heavy (non-hydrogen) atoms. The zero-order valence-corrected chi connectivity index (χ0v) is 17.6. The summed E-state index contributed by atoms with van der Waals surface area (Å²) in [5.41, 5.74) is 4.19. The van der Waals surface area contributed by atoms with Crippen LogP contribution in [-0.4, -0.2) is 31.7 Å². The summed E-state index contributed by atoms with van der Waals surface area (Å²) in [7, 11) is 3.17. The molecule has 0 fully saturated rings. The highest BCUT2D eigenvalue weighted by Crippen LogP contribution is 2.28. The molecule has 1 heterocycles. The number of nitrogens with one attached hydrogen (secondary N) is 1. The van der Waals surface area contributed by atoms with E-state index in [9.17, 15) is 4.79 Å². The standard InChI is InChI=1S/C23H24N2O3S/c1-16-5-4-6-18(13-16)23-25-19(15-29-23)11-12-24-22(26)10-8-17-7-9-20(27-2)21(14-17)28-3/h4-10,13-15H,11-12H2,1-3H3,(H,24,26). The van der Waals surface area contributed by atoms with E-state index in [4.69, 9.17) is 9.47 Å². The number of ether oxygens (including phenoxy) is 2. The van der Waals surface area contributed by atoms with E-state index in [0.29, 0.717) is 24.5 Å². The van der Waals surface area contributed by atoms with Gasteiger partial charge in [-0.1, -0.05) is 29.8 Å². The first kappa shape index (κ1) is 20.6. The molecule has 0 radical (unpaired) electrons. The van der Waals surface area contributed by atoms with E-state index in [0.717, 1.165) is 21.8 Å². The molecule has 0 aliphatic carbocycles. The van der Waals surface area contributed by atoms with Gasteiger partial charge in [-0.25, -0.2) is 4.98 Å². The predicted molar refractivity (Wildman–Crippen MR) is 118 cm³/mol. The van der Waals surface area contributed by atoms with E-state index in [1.54, 1.807) is 31.6 Å². The second-order valence-corrected chi connectivity index (χ2v) is 7.36. The molecule has 2 aromatic carbocycles. The van der Waals surface area contributed by atoms with E-state index in [1.807, 2.05) is 29.6 Å². The van der Waals surface area contributed by atoms with Gasteiger partial charge < -0.3 is 14.8 Å². The molecule has 3 rings (SSSR count). The van der Waals surface area contributed by atoms with Gasteiger partial charge in [0, 0.05) is 30.0 Å². The van der Waals surface area contributed by atoms with E-state index < -0.39 is 0 Å². The normalized spacial score (nSPS) is 10.9. The molecule has 150 valence electrons. The summed E-state index contributed by atoms with van der Waals surface area (Å²) in [6, 6.07) is 13.8. The van der Waals surface area contributed by atoms with Crippen molar-refractivity contribution in [2.75, 3.05) is 20.8 Å². The van der Waals surface area contributed by atoms with E-state index in [-0.39, 0.29) is 5.91 Å². The highest BCUT2D eigenvalue weighted by atomic mass is 32.1. The van der Waals surface area contributed by atoms with Crippen LogP contribution in [0.2, 0.25) is 0 Å². The minimum atomic E-state index is -0.145. The summed E-state index contributed by atoms with van der Waals surface area (Å²) in [6.45, 7) is 2.61. The number of hydrogen-bond donors (Lipinski definition) is 1. The van der Waals surface area contributed by atoms with Crippen molar-refractivity contribution in [2.24, 2.45) is 0 Å². The van der Waals surface area contributed by atoms with Crippen LogP contribution in [0.1, 0.15) is 16.8 Å². The van der Waals surface area contributed by atoms with Crippen molar-refractivity contribution >= 4 is 23.3 Å². The van der Waals surface area contributed by atoms with Crippen LogP contribution in [0.4, 0.5) is 0 Å². The van der Waals surface area contributed by atoms with Crippen LogP contribution in [0.25, 0.3) is 16.6 Å². The fraction of sp³-hybridized carbons (Fsp3) is 0.217. The number of nitrogens with zero attached hydrogens (tertiary/aromatic N) is 1. The Bertz CT molecular complexity index is 1010. The van der Waals surface area contributed by atoms with Gasteiger partial charge in [-0.15, -0.1) is 11.3 Å². The molecule has 0 spiro atoms. The molecule has 6 heteroatoms. The van der Waals surface area contributed by atoms with Crippen molar-refractivity contribution in [2.45, 2.75) is 13.3 Å². The molecule has 3 aromatic rings. The molecule has 0 saturated heterocycles. The highest BCUT2D eigenvalue weighted by molar-refractivity contribution is 7.13. The molecule has 5 nitrogen and oxygen atoms in total. The lowest BCUT2D eigenvalue weighted by atomic mass is 10.1. The molecule has 0 aliphatic rings. The number of carbonyl (C=O) groups is 1. The monoisotopic (exact) mass is 408 g/mol. The van der Waals surface area contributed by atoms with Crippen LogP contribution in [0, 0.1) is 6.92 Å². The zero-order chi connectivity index (χ0) is 20.6. The van der Waals surface area contributed by atoms with Gasteiger partial charge in [0.2, 0.25) is 5.91 Å². The van der Waals surface area contributed by atoms with Gasteiger partial charge >= 0.3 is 0 Å². The van der Waals surface area contributed by atoms with Gasteiger partial charge in [-0.05, 0) is 36.8 Å². The quantitative estimate of drug-likeness (QED) is 0.557. The number of hydrogen-bond acceptors (Lipinski definition) is 5. The van der Waals surface area contributed by atoms with Crippen LogP contribution < -0.4 is 14.8 Å². The summed E-state index contributed by atoms with van der Waals surface area (Å²) >= 11 is 1.62. The Morgan fingerprint density at radius 1 is 1.14 bits per heavy atom. The van der Waals surface area contributed by atoms with Gasteiger partial charge in [-0.2, -0.15) is 0 Å². The fourth-order valence-electron chi connectivity index (χ4n) is 2.83. The number of benzene rings is 2. The second-order valence-electron chi connectivity index (χ2n) is 6.50. The number of amides is 1. The summed E-state index contributed by atoms with van der Waals surface area (Å²) in [5.74, 6) is 1.14. The van der Waals surface area contributed by atoms with Crippen molar-refractivity contribution in [1.29, 1.82) is 0 Å². The molecular formula is C23H24N2O3S. The van der Waals surface area contributed by atoms with Gasteiger partial charge in [0.05, 0.1) is 19.9 Å². The van der Waals surface area contributed by atoms with Crippen LogP contribution in [0.3, 0.4) is 0 Å². The second kappa shape index (κ2) is 9.89. The first-order chi connectivity index (χ1) is 14.1. The molecule has 0 atom stereocenters. The summed E-state index contributed by atoms with van der Waals surface area (Å²) in [4.78, 5) is 16.7. The van der Waals surface area contributed by atoms with Crippen molar-refractivity contribution in [3.8, 4) is 22.1 Å². The zero-order valence-electron chi connectivity index (χ0n) is 16.8. The first-order valence-electron chi connectivity index (χ1n) is 9.28. The number of aromatic nitrogens is 1. The molecule has 0 unspecified atom stereocenters. The third-order valence-electron chi connectivity index (χ3n) is 4.33. The summed E-state index contributed by atoms with van der Waals surface area (Å²) < 4.78 is 10.5. The Labute approximate surface area is 175 Å². The highest BCUT2D eigenvalue weighted by Gasteiger charge is 2.06. The molecule has 0 aliphatic heterocycles. The Balaban J connectivity index is 1.51. The largest absolute Gasteiger partial charge is 0.493 e. The van der Waals surface area contributed by atoms with Crippen molar-refractivity contribution < 1.29 is 14.3 Å². The molecule has 1 aromatic heterocycles. The van der Waals surface area contributed by atoms with Crippen LogP contribution in [0.15, 0.2) is 53.9 Å². The number of methoxy groups -OCH3 is 2. The minimum absolute atomic E-state index is 0.145. The average molecular weight is 409 g/mol. The number of thiazole rings is 1. The van der Waals surface area contributed by atoms with E-state index in [2.05, 4.69) is 35.4 Å². The molecule has 0 saturated carbocycles. The number of aryl methyl sites for hydroxylation is 1. The van der Waals surface area contributed by atoms with Crippen LogP contribution in [-0.2, 0) is 11.2 Å². The number of rotatable bonds is 8. The maximum atomic E-state index is 12.1. The molecule has 1 N–H and O–H groups in total. The van der Waals surface area contributed by atoms with Gasteiger partial charge in [0.25, 0.3) is 0 Å². The lowest BCUT2D eigenvalue weighted by Crippen LogP contribution is -2.23. The van der Waals surface area contributed by atoms with Gasteiger partial charge in [0.15, 0.2) is 11.5 Å². The van der Waals surface area contributed by atoms with Crippen LogP contribution >= 0.6 is 11.3 Å². The first-order valence-corrected chi connectivity index (χ1v) is 10.2. The summed E-state index contributed by atoms with van der Waals surface area (Å²) in [6.07, 6.45) is 3.95. The average Bonchev–Trinajstić information content (AvgIpc) is 3.21. The summed E-state index contributed by atoms with van der Waals surface area (Å²) in [5, 5.41) is 5.94. The Kier molecular flexibility index (Phi) is 7.03. The van der Waals surface area contributed by atoms with Gasteiger partial charge in [0.1, 0.15) is 5.01 Å². The molecule has 1 amide bonds. The Morgan fingerprint density at radius 3 is 2.72 bits per heavy atom. The smallest absolute Gasteiger partial charge is 0.244 e. The Hall–Kier alpha value is -3.12. The lowest BCUT2D eigenvalue weighted by molar-refractivity contribution is -0.116. The van der Waals surface area contributed by atoms with Crippen molar-refractivity contribution in [1.82, 2.24) is 10.3 Å².